The minimum atomic E-state index is -0.228. The summed E-state index contributed by atoms with van der Waals surface area (Å²) >= 11 is 3.25. The van der Waals surface area contributed by atoms with Crippen LogP contribution in [0.1, 0.15) is 25.6 Å². The lowest BCUT2D eigenvalue weighted by Gasteiger charge is -2.21. The molecule has 0 fully saturated rings. The van der Waals surface area contributed by atoms with Crippen molar-refractivity contribution in [1.29, 1.82) is 0 Å². The summed E-state index contributed by atoms with van der Waals surface area (Å²) in [6.07, 6.45) is 0. The highest BCUT2D eigenvalue weighted by Gasteiger charge is 2.19. The quantitative estimate of drug-likeness (QED) is 0.924. The van der Waals surface area contributed by atoms with E-state index in [4.69, 9.17) is 4.42 Å². The van der Waals surface area contributed by atoms with Crippen molar-refractivity contribution in [3.63, 3.8) is 0 Å². The fourth-order valence-electron chi connectivity index (χ4n) is 1.48. The van der Waals surface area contributed by atoms with Gasteiger partial charge in [0.1, 0.15) is 5.76 Å². The van der Waals surface area contributed by atoms with Crippen LogP contribution in [-0.4, -0.2) is 30.9 Å². The van der Waals surface area contributed by atoms with Crippen molar-refractivity contribution in [2.75, 3.05) is 14.1 Å². The van der Waals surface area contributed by atoms with Crippen LogP contribution in [0.3, 0.4) is 0 Å². The van der Waals surface area contributed by atoms with E-state index in [0.29, 0.717) is 4.67 Å². The van der Waals surface area contributed by atoms with Crippen molar-refractivity contribution in [1.82, 2.24) is 10.2 Å². The van der Waals surface area contributed by atoms with E-state index in [1.54, 1.807) is 19.0 Å². The molecule has 1 amide bonds. The van der Waals surface area contributed by atoms with Crippen molar-refractivity contribution in [2.24, 2.45) is 0 Å². The highest BCUT2D eigenvalue weighted by molar-refractivity contribution is 9.10. The lowest BCUT2D eigenvalue weighted by Crippen LogP contribution is -2.42. The number of halogens is 1. The Morgan fingerprint density at radius 2 is 2.06 bits per heavy atom. The van der Waals surface area contributed by atoms with Gasteiger partial charge in [0.2, 0.25) is 5.91 Å². The number of furan rings is 1. The molecule has 1 N–H and O–H groups in total. The second-order valence-electron chi connectivity index (χ2n) is 3.98. The van der Waals surface area contributed by atoms with Gasteiger partial charge in [-0.05, 0) is 41.9 Å². The molecule has 1 rings (SSSR count). The van der Waals surface area contributed by atoms with E-state index in [1.807, 2.05) is 26.0 Å². The standard InChI is InChI=1S/C11H17BrN2O2/c1-7(9-5-6-10(12)16-9)13-8(2)11(15)14(3)4/h5-8,13H,1-4H3. The fourth-order valence-corrected chi connectivity index (χ4v) is 1.80. The Morgan fingerprint density at radius 3 is 2.50 bits per heavy atom. The monoisotopic (exact) mass is 288 g/mol. The molecule has 16 heavy (non-hydrogen) atoms. The zero-order valence-electron chi connectivity index (χ0n) is 9.95. The molecule has 0 aromatic carbocycles. The Balaban J connectivity index is 2.58. The third-order valence-electron chi connectivity index (χ3n) is 2.33. The van der Waals surface area contributed by atoms with Gasteiger partial charge in [0.05, 0.1) is 12.1 Å². The number of hydrogen-bond donors (Lipinski definition) is 1. The highest BCUT2D eigenvalue weighted by atomic mass is 79.9. The Morgan fingerprint density at radius 1 is 1.44 bits per heavy atom. The molecule has 0 aliphatic heterocycles. The van der Waals surface area contributed by atoms with E-state index < -0.39 is 0 Å². The molecule has 0 spiro atoms. The third kappa shape index (κ3) is 3.35. The number of nitrogens with one attached hydrogen (secondary N) is 1. The molecule has 4 nitrogen and oxygen atoms in total. The first-order valence-corrected chi connectivity index (χ1v) is 5.93. The second-order valence-corrected chi connectivity index (χ2v) is 4.77. The first-order chi connectivity index (χ1) is 7.41. The van der Waals surface area contributed by atoms with Crippen molar-refractivity contribution in [3.05, 3.63) is 22.6 Å². The fraction of sp³-hybridized carbons (Fsp3) is 0.545. The summed E-state index contributed by atoms with van der Waals surface area (Å²) in [5, 5.41) is 3.18. The molecule has 0 aliphatic rings. The van der Waals surface area contributed by atoms with Crippen LogP contribution in [0, 0.1) is 0 Å². The summed E-state index contributed by atoms with van der Waals surface area (Å²) in [7, 11) is 3.49. The summed E-state index contributed by atoms with van der Waals surface area (Å²) in [6, 6.07) is 3.50. The van der Waals surface area contributed by atoms with Crippen LogP contribution >= 0.6 is 15.9 Å². The maximum atomic E-state index is 11.6. The molecular weight excluding hydrogens is 272 g/mol. The minimum Gasteiger partial charge on any atom is -0.453 e. The van der Waals surface area contributed by atoms with Gasteiger partial charge in [-0.15, -0.1) is 0 Å². The van der Waals surface area contributed by atoms with Crippen molar-refractivity contribution < 1.29 is 9.21 Å². The smallest absolute Gasteiger partial charge is 0.238 e. The molecule has 1 heterocycles. The van der Waals surface area contributed by atoms with E-state index in [-0.39, 0.29) is 18.0 Å². The van der Waals surface area contributed by atoms with Gasteiger partial charge in [0.25, 0.3) is 0 Å². The highest BCUT2D eigenvalue weighted by Crippen LogP contribution is 2.20. The van der Waals surface area contributed by atoms with E-state index in [1.165, 1.54) is 0 Å². The zero-order valence-corrected chi connectivity index (χ0v) is 11.5. The van der Waals surface area contributed by atoms with Gasteiger partial charge in [0, 0.05) is 14.1 Å². The number of nitrogens with zero attached hydrogens (tertiary/aromatic N) is 1. The Bertz CT molecular complexity index is 363. The van der Waals surface area contributed by atoms with Crippen LogP contribution in [0.4, 0.5) is 0 Å². The van der Waals surface area contributed by atoms with E-state index >= 15 is 0 Å². The lowest BCUT2D eigenvalue weighted by atomic mass is 10.2. The van der Waals surface area contributed by atoms with Gasteiger partial charge in [0.15, 0.2) is 4.67 Å². The predicted octanol–water partition coefficient (Wildman–Crippen LogP) is 2.17. The van der Waals surface area contributed by atoms with Crippen LogP contribution in [0.5, 0.6) is 0 Å². The average Bonchev–Trinajstić information content (AvgIpc) is 2.63. The molecule has 1 aromatic rings. The maximum Gasteiger partial charge on any atom is 0.238 e. The molecular formula is C11H17BrN2O2. The Hall–Kier alpha value is -0.810. The van der Waals surface area contributed by atoms with Gasteiger partial charge in [-0.1, -0.05) is 0 Å². The number of amides is 1. The number of rotatable bonds is 4. The topological polar surface area (TPSA) is 45.5 Å². The summed E-state index contributed by atoms with van der Waals surface area (Å²) in [5.74, 6) is 0.864. The van der Waals surface area contributed by atoms with Crippen LogP contribution in [0.25, 0.3) is 0 Å². The summed E-state index contributed by atoms with van der Waals surface area (Å²) in [4.78, 5) is 13.2. The normalized spacial score (nSPS) is 14.6. The molecule has 0 bridgehead atoms. The van der Waals surface area contributed by atoms with Gasteiger partial charge in [-0.3, -0.25) is 10.1 Å². The molecule has 1 aromatic heterocycles. The van der Waals surface area contributed by atoms with Crippen LogP contribution in [0.15, 0.2) is 21.2 Å². The van der Waals surface area contributed by atoms with Gasteiger partial charge >= 0.3 is 0 Å². The van der Waals surface area contributed by atoms with Crippen molar-refractivity contribution in [3.8, 4) is 0 Å². The van der Waals surface area contributed by atoms with Gasteiger partial charge in [-0.2, -0.15) is 0 Å². The number of carbonyl (C=O) groups excluding carboxylic acids is 1. The number of carbonyl (C=O) groups is 1. The SMILES string of the molecule is CC(NC(C)c1ccc(Br)o1)C(=O)N(C)C. The van der Waals surface area contributed by atoms with Crippen LogP contribution in [0.2, 0.25) is 0 Å². The zero-order chi connectivity index (χ0) is 12.3. The predicted molar refractivity (Wildman–Crippen MR) is 66.1 cm³/mol. The van der Waals surface area contributed by atoms with E-state index in [9.17, 15) is 4.79 Å². The summed E-state index contributed by atoms with van der Waals surface area (Å²) in [6.45, 7) is 3.81. The molecule has 0 saturated carbocycles. The first-order valence-electron chi connectivity index (χ1n) is 5.14. The molecule has 2 unspecified atom stereocenters. The molecule has 5 heteroatoms. The summed E-state index contributed by atoms with van der Waals surface area (Å²) in [5.41, 5.74) is 0. The largest absolute Gasteiger partial charge is 0.453 e. The van der Waals surface area contributed by atoms with Crippen molar-refractivity contribution in [2.45, 2.75) is 25.9 Å². The molecule has 0 saturated heterocycles. The van der Waals surface area contributed by atoms with Crippen LogP contribution in [-0.2, 0) is 4.79 Å². The molecule has 0 radical (unpaired) electrons. The second kappa shape index (κ2) is 5.50. The van der Waals surface area contributed by atoms with Gasteiger partial charge in [-0.25, -0.2) is 0 Å². The number of likely N-dealkylation sites (N-methyl/N-ethyl adjacent to an activating group) is 1. The van der Waals surface area contributed by atoms with E-state index in [2.05, 4.69) is 21.2 Å². The molecule has 90 valence electrons. The van der Waals surface area contributed by atoms with Crippen LogP contribution < -0.4 is 5.32 Å². The van der Waals surface area contributed by atoms with Gasteiger partial charge < -0.3 is 9.32 Å². The summed E-state index contributed by atoms with van der Waals surface area (Å²) < 4.78 is 6.11. The Labute approximate surface area is 104 Å². The van der Waals surface area contributed by atoms with Crippen molar-refractivity contribution >= 4 is 21.8 Å². The first kappa shape index (κ1) is 13.3. The maximum absolute atomic E-state index is 11.6. The number of hydrogen-bond acceptors (Lipinski definition) is 3. The average molecular weight is 289 g/mol. The Kier molecular flexibility index (Phi) is 4.56. The minimum absolute atomic E-state index is 0.00481. The third-order valence-corrected chi connectivity index (χ3v) is 2.76. The lowest BCUT2D eigenvalue weighted by molar-refractivity contribution is -0.130. The molecule has 2 atom stereocenters. The molecule has 0 aliphatic carbocycles. The van der Waals surface area contributed by atoms with E-state index in [0.717, 1.165) is 5.76 Å².